The number of ether oxygens (including phenoxy) is 6. The van der Waals surface area contributed by atoms with E-state index < -0.39 is 92.7 Å². The molecular formula is C47H84O15. The molecule has 2 heterocycles. The van der Waals surface area contributed by atoms with Crippen LogP contribution in [0.2, 0.25) is 0 Å². The van der Waals surface area contributed by atoms with Gasteiger partial charge in [-0.1, -0.05) is 141 Å². The van der Waals surface area contributed by atoms with E-state index in [4.69, 9.17) is 28.4 Å². The van der Waals surface area contributed by atoms with E-state index in [1.165, 1.54) is 57.8 Å². The molecule has 11 atom stereocenters. The summed E-state index contributed by atoms with van der Waals surface area (Å²) in [6.45, 7) is 2.50. The molecule has 0 aromatic carbocycles. The van der Waals surface area contributed by atoms with Crippen molar-refractivity contribution in [3.63, 3.8) is 0 Å². The van der Waals surface area contributed by atoms with Crippen LogP contribution in [-0.2, 0) is 38.0 Å². The van der Waals surface area contributed by atoms with Crippen LogP contribution in [-0.4, -0.2) is 142 Å². The normalized spacial score (nSPS) is 27.2. The van der Waals surface area contributed by atoms with Gasteiger partial charge < -0.3 is 64.2 Å². The van der Waals surface area contributed by atoms with Crippen LogP contribution in [0, 0.1) is 0 Å². The highest BCUT2D eigenvalue weighted by molar-refractivity contribution is 5.70. The first kappa shape index (κ1) is 56.1. The summed E-state index contributed by atoms with van der Waals surface area (Å²) in [7, 11) is 0. The van der Waals surface area contributed by atoms with E-state index in [0.29, 0.717) is 12.8 Å². The predicted octanol–water partition coefficient (Wildman–Crippen LogP) is 5.60. The molecule has 0 saturated carbocycles. The number of carbonyl (C=O) groups excluding carboxylic acids is 2. The van der Waals surface area contributed by atoms with Gasteiger partial charge in [-0.15, -0.1) is 0 Å². The maximum absolute atomic E-state index is 12.9. The average Bonchev–Trinajstić information content (AvgIpc) is 3.26. The molecule has 2 fully saturated rings. The van der Waals surface area contributed by atoms with Crippen molar-refractivity contribution >= 4 is 11.9 Å². The largest absolute Gasteiger partial charge is 0.462 e. The van der Waals surface area contributed by atoms with Crippen molar-refractivity contribution in [1.29, 1.82) is 0 Å². The SMILES string of the molecule is CCC/C=C\C/C=C\CCCCCCCC(=O)OC(COC(=O)CCCCCCCCCCCCCCC)COC1OC(COC2OC(CO)C(O)C(O)C2O)C(O)C(O)C1O. The van der Waals surface area contributed by atoms with Crippen LogP contribution in [0.25, 0.3) is 0 Å². The second-order valence-corrected chi connectivity index (χ2v) is 16.9. The Morgan fingerprint density at radius 1 is 0.516 bits per heavy atom. The molecule has 2 aliphatic heterocycles. The van der Waals surface area contributed by atoms with Crippen LogP contribution in [0.4, 0.5) is 0 Å². The van der Waals surface area contributed by atoms with E-state index in [2.05, 4.69) is 38.2 Å². The van der Waals surface area contributed by atoms with Gasteiger partial charge in [0.25, 0.3) is 0 Å². The number of aliphatic hydroxyl groups is 7. The third-order valence-electron chi connectivity index (χ3n) is 11.4. The molecule has 7 N–H and O–H groups in total. The summed E-state index contributed by atoms with van der Waals surface area (Å²) in [5.41, 5.74) is 0. The van der Waals surface area contributed by atoms with Crippen LogP contribution in [0.1, 0.15) is 168 Å². The van der Waals surface area contributed by atoms with Gasteiger partial charge in [-0.3, -0.25) is 9.59 Å². The molecule has 15 nitrogen and oxygen atoms in total. The first-order valence-corrected chi connectivity index (χ1v) is 23.9. The minimum absolute atomic E-state index is 0.151. The van der Waals surface area contributed by atoms with Crippen LogP contribution in [0.5, 0.6) is 0 Å². The fourth-order valence-corrected chi connectivity index (χ4v) is 7.43. The number of esters is 2. The van der Waals surface area contributed by atoms with Crippen molar-refractivity contribution in [2.45, 2.75) is 235 Å². The lowest BCUT2D eigenvalue weighted by Gasteiger charge is -2.42. The lowest BCUT2D eigenvalue weighted by Crippen LogP contribution is -2.61. The fourth-order valence-electron chi connectivity index (χ4n) is 7.43. The molecule has 2 saturated heterocycles. The Kier molecular flexibility index (Phi) is 31.9. The van der Waals surface area contributed by atoms with E-state index in [0.717, 1.165) is 70.6 Å². The smallest absolute Gasteiger partial charge is 0.306 e. The molecule has 0 bridgehead atoms. The van der Waals surface area contributed by atoms with E-state index in [1.807, 2.05) is 0 Å². The van der Waals surface area contributed by atoms with Gasteiger partial charge in [-0.2, -0.15) is 0 Å². The van der Waals surface area contributed by atoms with E-state index in [1.54, 1.807) is 0 Å². The minimum Gasteiger partial charge on any atom is -0.462 e. The summed E-state index contributed by atoms with van der Waals surface area (Å²) < 4.78 is 33.5. The van der Waals surface area contributed by atoms with Gasteiger partial charge in [0.05, 0.1) is 19.8 Å². The highest BCUT2D eigenvalue weighted by atomic mass is 16.7. The Morgan fingerprint density at radius 3 is 1.56 bits per heavy atom. The van der Waals surface area contributed by atoms with Crippen LogP contribution < -0.4 is 0 Å². The van der Waals surface area contributed by atoms with E-state index in [-0.39, 0.29) is 26.1 Å². The lowest BCUT2D eigenvalue weighted by molar-refractivity contribution is -0.332. The number of carbonyl (C=O) groups is 2. The van der Waals surface area contributed by atoms with Gasteiger partial charge in [0.1, 0.15) is 55.4 Å². The van der Waals surface area contributed by atoms with Crippen LogP contribution >= 0.6 is 0 Å². The first-order valence-electron chi connectivity index (χ1n) is 23.9. The Labute approximate surface area is 371 Å². The molecule has 0 amide bonds. The van der Waals surface area contributed by atoms with E-state index in [9.17, 15) is 45.3 Å². The molecule has 362 valence electrons. The zero-order valence-electron chi connectivity index (χ0n) is 37.9. The van der Waals surface area contributed by atoms with Gasteiger partial charge >= 0.3 is 11.9 Å². The molecule has 2 rings (SSSR count). The maximum Gasteiger partial charge on any atom is 0.306 e. The molecule has 62 heavy (non-hydrogen) atoms. The summed E-state index contributed by atoms with van der Waals surface area (Å²) in [5, 5.41) is 71.9. The number of aliphatic hydroxyl groups excluding tert-OH is 7. The molecule has 0 aromatic rings. The Hall–Kier alpha value is -2.02. The topological polar surface area (TPSA) is 231 Å². The van der Waals surface area contributed by atoms with Crippen LogP contribution in [0.3, 0.4) is 0 Å². The van der Waals surface area contributed by atoms with Crippen molar-refractivity contribution in [1.82, 2.24) is 0 Å². The number of hydrogen-bond acceptors (Lipinski definition) is 15. The van der Waals surface area contributed by atoms with Gasteiger partial charge in [-0.25, -0.2) is 0 Å². The third-order valence-corrected chi connectivity index (χ3v) is 11.4. The summed E-state index contributed by atoms with van der Waals surface area (Å²) in [5.74, 6) is -0.939. The molecule has 0 aromatic heterocycles. The monoisotopic (exact) mass is 889 g/mol. The highest BCUT2D eigenvalue weighted by Crippen LogP contribution is 2.26. The standard InChI is InChI=1S/C47H84O15/c1-3-5-7-9-11-13-15-17-19-21-23-25-27-29-38(49)57-32-35(60-39(50)30-28-26-24-22-20-18-16-14-12-10-8-6-4-2)33-58-46-45(56)43(54)41(52)37(62-46)34-59-47-44(55)42(53)40(51)36(31-48)61-47/h8,10,14,16,35-37,40-48,51-56H,3-7,9,11-13,15,17-34H2,1-2H3/b10-8-,16-14-. The van der Waals surface area contributed by atoms with Crippen molar-refractivity contribution in [2.75, 3.05) is 26.4 Å². The summed E-state index contributed by atoms with van der Waals surface area (Å²) in [4.78, 5) is 25.6. The van der Waals surface area contributed by atoms with Gasteiger partial charge in [0.2, 0.25) is 0 Å². The number of rotatable bonds is 36. The lowest BCUT2D eigenvalue weighted by atomic mass is 9.98. The zero-order chi connectivity index (χ0) is 45.4. The zero-order valence-corrected chi connectivity index (χ0v) is 37.9. The molecule has 15 heteroatoms. The van der Waals surface area contributed by atoms with Crippen LogP contribution in [0.15, 0.2) is 24.3 Å². The van der Waals surface area contributed by atoms with Crippen molar-refractivity contribution < 1.29 is 73.8 Å². The molecule has 0 radical (unpaired) electrons. The minimum atomic E-state index is -1.76. The highest BCUT2D eigenvalue weighted by Gasteiger charge is 2.47. The molecular weight excluding hydrogens is 805 g/mol. The summed E-state index contributed by atoms with van der Waals surface area (Å²) in [6.07, 6.45) is 16.4. The Bertz CT molecular complexity index is 1180. The second-order valence-electron chi connectivity index (χ2n) is 16.9. The van der Waals surface area contributed by atoms with Crippen molar-refractivity contribution in [2.24, 2.45) is 0 Å². The number of unbranched alkanes of at least 4 members (excludes halogenated alkanes) is 18. The number of allylic oxidation sites excluding steroid dienone is 4. The van der Waals surface area contributed by atoms with Gasteiger partial charge in [-0.05, 0) is 38.5 Å². The quantitative estimate of drug-likeness (QED) is 0.0231. The first-order chi connectivity index (χ1) is 30.0. The summed E-state index contributed by atoms with van der Waals surface area (Å²) in [6, 6.07) is 0. The molecule has 2 aliphatic rings. The molecule has 0 aliphatic carbocycles. The fraction of sp³-hybridized carbons (Fsp3) is 0.872. The Morgan fingerprint density at radius 2 is 1.00 bits per heavy atom. The number of hydrogen-bond donors (Lipinski definition) is 7. The van der Waals surface area contributed by atoms with Crippen molar-refractivity contribution in [3.05, 3.63) is 24.3 Å². The van der Waals surface area contributed by atoms with E-state index >= 15 is 0 Å². The second kappa shape index (κ2) is 35.3. The predicted molar refractivity (Wildman–Crippen MR) is 234 cm³/mol. The molecule has 11 unspecified atom stereocenters. The van der Waals surface area contributed by atoms with Gasteiger partial charge in [0, 0.05) is 12.8 Å². The van der Waals surface area contributed by atoms with Gasteiger partial charge in [0.15, 0.2) is 18.7 Å². The molecule has 0 spiro atoms. The average molecular weight is 889 g/mol. The maximum atomic E-state index is 12.9. The summed E-state index contributed by atoms with van der Waals surface area (Å²) >= 11 is 0. The Balaban J connectivity index is 1.85. The third kappa shape index (κ3) is 23.8. The van der Waals surface area contributed by atoms with Crippen molar-refractivity contribution in [3.8, 4) is 0 Å².